The molecule has 2 aromatic rings. The Hall–Kier alpha value is -3.29. The fourth-order valence-electron chi connectivity index (χ4n) is 3.68. The predicted octanol–water partition coefficient (Wildman–Crippen LogP) is 2.87. The lowest BCUT2D eigenvalue weighted by Crippen LogP contribution is -2.56. The molecule has 8 nitrogen and oxygen atoms in total. The molecule has 8 heteroatoms. The quantitative estimate of drug-likeness (QED) is 0.744. The number of methoxy groups -OCH3 is 1. The molecule has 172 valence electrons. The van der Waals surface area contributed by atoms with Crippen LogP contribution in [0.4, 0.5) is 10.5 Å². The zero-order valence-electron chi connectivity index (χ0n) is 19.2. The third-order valence-corrected chi connectivity index (χ3v) is 5.17. The second-order valence-corrected chi connectivity index (χ2v) is 8.75. The number of nitrogens with zero attached hydrogens (tertiary/aromatic N) is 3. The number of rotatable bonds is 6. The number of aromatic nitrogens is 1. The monoisotopic (exact) mass is 440 g/mol. The number of amides is 2. The fourth-order valence-corrected chi connectivity index (χ4v) is 3.68. The number of hydrogen-bond donors (Lipinski definition) is 1. The van der Waals surface area contributed by atoms with Crippen LogP contribution in [0.15, 0.2) is 48.8 Å². The minimum atomic E-state index is -0.730. The first kappa shape index (κ1) is 23.4. The number of nitrogens with one attached hydrogen (secondary N) is 1. The number of hydrogen-bond acceptors (Lipinski definition) is 6. The molecule has 2 amide bonds. The molecule has 1 aromatic carbocycles. The summed E-state index contributed by atoms with van der Waals surface area (Å²) in [4.78, 5) is 33.9. The van der Waals surface area contributed by atoms with Gasteiger partial charge in [0.1, 0.15) is 17.4 Å². The van der Waals surface area contributed by atoms with Crippen LogP contribution in [0.25, 0.3) is 0 Å². The van der Waals surface area contributed by atoms with Crippen LogP contribution in [0.5, 0.6) is 5.75 Å². The molecule has 0 aliphatic carbocycles. The second-order valence-electron chi connectivity index (χ2n) is 8.75. The number of alkyl carbamates (subject to hydrolysis) is 1. The van der Waals surface area contributed by atoms with E-state index in [9.17, 15) is 9.59 Å². The summed E-state index contributed by atoms with van der Waals surface area (Å²) in [6, 6.07) is 10.8. The zero-order valence-corrected chi connectivity index (χ0v) is 19.2. The molecule has 1 fully saturated rings. The molecule has 1 aliphatic rings. The van der Waals surface area contributed by atoms with Gasteiger partial charge in [-0.1, -0.05) is 18.2 Å². The molecule has 1 atom stereocenters. The summed E-state index contributed by atoms with van der Waals surface area (Å²) >= 11 is 0. The van der Waals surface area contributed by atoms with Gasteiger partial charge < -0.3 is 24.6 Å². The lowest BCUT2D eigenvalue weighted by Gasteiger charge is -2.38. The molecule has 0 saturated carbocycles. The number of pyridine rings is 1. The van der Waals surface area contributed by atoms with E-state index in [0.717, 1.165) is 17.0 Å². The van der Waals surface area contributed by atoms with Crippen molar-refractivity contribution >= 4 is 17.7 Å². The highest BCUT2D eigenvalue weighted by molar-refractivity contribution is 5.86. The minimum Gasteiger partial charge on any atom is -0.495 e. The van der Waals surface area contributed by atoms with Crippen LogP contribution in [0, 0.1) is 0 Å². The van der Waals surface area contributed by atoms with Crippen LogP contribution < -0.4 is 15.0 Å². The number of carbonyl (C=O) groups excluding carboxylic acids is 2. The molecular formula is C24H32N4O4. The van der Waals surface area contributed by atoms with Crippen molar-refractivity contribution in [2.45, 2.75) is 38.8 Å². The summed E-state index contributed by atoms with van der Waals surface area (Å²) < 4.78 is 10.9. The van der Waals surface area contributed by atoms with Crippen molar-refractivity contribution in [1.82, 2.24) is 15.2 Å². The van der Waals surface area contributed by atoms with Crippen LogP contribution in [0.2, 0.25) is 0 Å². The van der Waals surface area contributed by atoms with Crippen molar-refractivity contribution in [1.29, 1.82) is 0 Å². The van der Waals surface area contributed by atoms with Crippen molar-refractivity contribution < 1.29 is 19.1 Å². The van der Waals surface area contributed by atoms with Crippen LogP contribution in [0.1, 0.15) is 26.3 Å². The number of ether oxygens (including phenoxy) is 2. The SMILES string of the molecule is COc1ccccc1N1CCN(C(=O)[C@@H](Cc2cccnc2)NC(=O)OC(C)(C)C)CC1. The van der Waals surface area contributed by atoms with Gasteiger partial charge in [0.25, 0.3) is 0 Å². The van der Waals surface area contributed by atoms with Gasteiger partial charge in [-0.05, 0) is 44.5 Å². The normalized spacial score (nSPS) is 15.1. The van der Waals surface area contributed by atoms with Crippen molar-refractivity contribution in [2.24, 2.45) is 0 Å². The van der Waals surface area contributed by atoms with E-state index in [1.54, 1.807) is 45.2 Å². The molecule has 2 heterocycles. The minimum absolute atomic E-state index is 0.126. The Kier molecular flexibility index (Phi) is 7.56. The fraction of sp³-hybridized carbons (Fsp3) is 0.458. The number of piperazine rings is 1. The van der Waals surface area contributed by atoms with E-state index in [0.29, 0.717) is 32.6 Å². The van der Waals surface area contributed by atoms with Crippen molar-refractivity contribution in [2.75, 3.05) is 38.2 Å². The highest BCUT2D eigenvalue weighted by atomic mass is 16.6. The number of carbonyl (C=O) groups is 2. The summed E-state index contributed by atoms with van der Waals surface area (Å²) in [6.45, 7) is 7.84. The van der Waals surface area contributed by atoms with Gasteiger partial charge in [0.05, 0.1) is 12.8 Å². The zero-order chi connectivity index (χ0) is 23.1. The molecule has 1 aliphatic heterocycles. The van der Waals surface area contributed by atoms with Gasteiger partial charge in [-0.25, -0.2) is 4.79 Å². The smallest absolute Gasteiger partial charge is 0.408 e. The van der Waals surface area contributed by atoms with Crippen molar-refractivity contribution in [3.05, 3.63) is 54.4 Å². The largest absolute Gasteiger partial charge is 0.495 e. The summed E-state index contributed by atoms with van der Waals surface area (Å²) in [5.41, 5.74) is 1.24. The molecular weight excluding hydrogens is 408 g/mol. The molecule has 1 N–H and O–H groups in total. The van der Waals surface area contributed by atoms with Gasteiger partial charge in [0.2, 0.25) is 5.91 Å². The molecule has 0 bridgehead atoms. The number of para-hydroxylation sites is 2. The van der Waals surface area contributed by atoms with E-state index in [4.69, 9.17) is 9.47 Å². The van der Waals surface area contributed by atoms with Gasteiger partial charge in [0.15, 0.2) is 0 Å². The topological polar surface area (TPSA) is 84.0 Å². The van der Waals surface area contributed by atoms with E-state index in [2.05, 4.69) is 15.2 Å². The van der Waals surface area contributed by atoms with Gasteiger partial charge in [-0.15, -0.1) is 0 Å². The Morgan fingerprint density at radius 3 is 2.44 bits per heavy atom. The Labute approximate surface area is 189 Å². The summed E-state index contributed by atoms with van der Waals surface area (Å²) in [5.74, 6) is 0.688. The Morgan fingerprint density at radius 2 is 1.81 bits per heavy atom. The summed E-state index contributed by atoms with van der Waals surface area (Å²) in [7, 11) is 1.66. The van der Waals surface area contributed by atoms with Crippen LogP contribution >= 0.6 is 0 Å². The summed E-state index contributed by atoms with van der Waals surface area (Å²) in [5, 5.41) is 2.77. The second kappa shape index (κ2) is 10.3. The molecule has 0 spiro atoms. The lowest BCUT2D eigenvalue weighted by atomic mass is 10.1. The van der Waals surface area contributed by atoms with Crippen LogP contribution in [-0.2, 0) is 16.0 Å². The van der Waals surface area contributed by atoms with Crippen LogP contribution in [-0.4, -0.2) is 66.8 Å². The lowest BCUT2D eigenvalue weighted by molar-refractivity contribution is -0.133. The molecule has 0 radical (unpaired) electrons. The average molecular weight is 441 g/mol. The first-order chi connectivity index (χ1) is 15.3. The van der Waals surface area contributed by atoms with E-state index < -0.39 is 17.7 Å². The number of anilines is 1. The van der Waals surface area contributed by atoms with Crippen LogP contribution in [0.3, 0.4) is 0 Å². The maximum Gasteiger partial charge on any atom is 0.408 e. The average Bonchev–Trinajstić information content (AvgIpc) is 2.77. The van der Waals surface area contributed by atoms with Gasteiger partial charge >= 0.3 is 6.09 Å². The standard InChI is InChI=1S/C24H32N4O4/c1-24(2,3)32-23(30)26-19(16-18-8-7-11-25-17-18)22(29)28-14-12-27(13-15-28)20-9-5-6-10-21(20)31-4/h5-11,17,19H,12-16H2,1-4H3,(H,26,30)/t19-/m1/s1. The number of benzene rings is 1. The van der Waals surface area contributed by atoms with Gasteiger partial charge in [-0.2, -0.15) is 0 Å². The third kappa shape index (κ3) is 6.35. The molecule has 32 heavy (non-hydrogen) atoms. The predicted molar refractivity (Wildman–Crippen MR) is 123 cm³/mol. The Balaban J connectivity index is 1.68. The molecule has 3 rings (SSSR count). The van der Waals surface area contributed by atoms with Crippen molar-refractivity contribution in [3.63, 3.8) is 0 Å². The first-order valence-electron chi connectivity index (χ1n) is 10.8. The molecule has 1 aromatic heterocycles. The Bertz CT molecular complexity index is 906. The summed E-state index contributed by atoms with van der Waals surface area (Å²) in [6.07, 6.45) is 3.13. The maximum atomic E-state index is 13.4. The van der Waals surface area contributed by atoms with Gasteiger partial charge in [0, 0.05) is 45.0 Å². The van der Waals surface area contributed by atoms with Crippen molar-refractivity contribution in [3.8, 4) is 5.75 Å². The van der Waals surface area contributed by atoms with E-state index >= 15 is 0 Å². The third-order valence-electron chi connectivity index (χ3n) is 5.17. The van der Waals surface area contributed by atoms with Gasteiger partial charge in [-0.3, -0.25) is 9.78 Å². The van der Waals surface area contributed by atoms with E-state index in [1.807, 2.05) is 36.4 Å². The van der Waals surface area contributed by atoms with E-state index in [1.165, 1.54) is 0 Å². The Morgan fingerprint density at radius 1 is 1.09 bits per heavy atom. The first-order valence-corrected chi connectivity index (χ1v) is 10.8. The highest BCUT2D eigenvalue weighted by Crippen LogP contribution is 2.28. The van der Waals surface area contributed by atoms with E-state index in [-0.39, 0.29) is 5.91 Å². The molecule has 1 saturated heterocycles. The maximum absolute atomic E-state index is 13.4. The molecule has 0 unspecified atom stereocenters. The highest BCUT2D eigenvalue weighted by Gasteiger charge is 2.31.